The molecule has 3 aromatic carbocycles. The smallest absolute Gasteiger partial charge is 0.153 e. The molecule has 4 nitrogen and oxygen atoms in total. The number of rotatable bonds is 0. The highest BCUT2D eigenvalue weighted by molar-refractivity contribution is 5.98. The lowest BCUT2D eigenvalue weighted by molar-refractivity contribution is -0.168. The van der Waals surface area contributed by atoms with Crippen LogP contribution in [0, 0.1) is 13.8 Å². The van der Waals surface area contributed by atoms with E-state index in [0.29, 0.717) is 6.42 Å². The van der Waals surface area contributed by atoms with Crippen LogP contribution in [-0.2, 0) is 18.3 Å². The Labute approximate surface area is 199 Å². The Morgan fingerprint density at radius 1 is 1.09 bits per heavy atom. The van der Waals surface area contributed by atoms with E-state index in [1.165, 1.54) is 38.4 Å². The Hall–Kier alpha value is -2.95. The number of benzene rings is 3. The molecule has 1 aromatic heterocycles. The average Bonchev–Trinajstić information content (AvgIpc) is 3.19. The summed E-state index contributed by atoms with van der Waals surface area (Å²) in [5.41, 5.74) is 6.94. The summed E-state index contributed by atoms with van der Waals surface area (Å²) >= 11 is 0. The summed E-state index contributed by atoms with van der Waals surface area (Å²) in [7, 11) is 2.17. The zero-order valence-corrected chi connectivity index (χ0v) is 19.9. The topological polar surface area (TPSA) is 45.6 Å². The molecule has 8 rings (SSSR count). The molecule has 1 saturated heterocycles. The predicted molar refractivity (Wildman–Crippen MR) is 134 cm³/mol. The maximum atomic E-state index is 12.7. The van der Waals surface area contributed by atoms with Crippen LogP contribution in [0.25, 0.3) is 21.7 Å². The fourth-order valence-electron chi connectivity index (χ4n) is 7.95. The summed E-state index contributed by atoms with van der Waals surface area (Å²) in [4.78, 5) is 7.69. The number of likely N-dealkylation sites (tertiary alicyclic amines) is 1. The van der Waals surface area contributed by atoms with Gasteiger partial charge in [0.15, 0.2) is 6.10 Å². The van der Waals surface area contributed by atoms with Gasteiger partial charge in [-0.15, -0.1) is 0 Å². The maximum absolute atomic E-state index is 12.7. The first-order chi connectivity index (χ1) is 16.4. The molecule has 1 fully saturated rings. The fourth-order valence-corrected chi connectivity index (χ4v) is 7.95. The number of piperidine rings is 1. The Morgan fingerprint density at radius 3 is 2.71 bits per heavy atom. The summed E-state index contributed by atoms with van der Waals surface area (Å²) in [6, 6.07) is 17.5. The van der Waals surface area contributed by atoms with E-state index < -0.39 is 11.0 Å². The average molecular weight is 449 g/mol. The van der Waals surface area contributed by atoms with Crippen molar-refractivity contribution in [3.05, 3.63) is 82.0 Å². The number of hydrogen-bond donors (Lipinski definition) is 1. The first-order valence-corrected chi connectivity index (χ1v) is 12.5. The number of hydrogen-bond acceptors (Lipinski definition) is 4. The van der Waals surface area contributed by atoms with Gasteiger partial charge in [-0.1, -0.05) is 36.4 Å². The van der Waals surface area contributed by atoms with Crippen molar-refractivity contribution in [1.29, 1.82) is 0 Å². The Bertz CT molecular complexity index is 1580. The summed E-state index contributed by atoms with van der Waals surface area (Å²) < 4.78 is 6.89. The minimum absolute atomic E-state index is 0.0772. The highest BCUT2D eigenvalue weighted by Gasteiger charge is 2.72. The molecule has 0 unspecified atom stereocenters. The minimum atomic E-state index is -0.874. The van der Waals surface area contributed by atoms with Gasteiger partial charge in [-0.05, 0) is 85.4 Å². The van der Waals surface area contributed by atoms with Crippen LogP contribution in [0.15, 0.2) is 48.5 Å². The van der Waals surface area contributed by atoms with Crippen molar-refractivity contribution in [2.45, 2.75) is 56.3 Å². The Morgan fingerprint density at radius 2 is 1.88 bits per heavy atom. The number of aryl methyl sites for hydroxylation is 2. The Kier molecular flexibility index (Phi) is 3.41. The molecule has 0 amide bonds. The van der Waals surface area contributed by atoms with Gasteiger partial charge < -0.3 is 14.7 Å². The molecule has 1 N–H and O–H groups in total. The summed E-state index contributed by atoms with van der Waals surface area (Å²) in [6.07, 6.45) is 2.14. The van der Waals surface area contributed by atoms with Gasteiger partial charge in [0.25, 0.3) is 0 Å². The van der Waals surface area contributed by atoms with Crippen molar-refractivity contribution in [2.75, 3.05) is 13.6 Å². The molecule has 4 atom stereocenters. The lowest BCUT2D eigenvalue weighted by Crippen LogP contribution is -2.74. The van der Waals surface area contributed by atoms with Crippen LogP contribution in [-0.4, -0.2) is 40.2 Å². The molecular formula is C30H28N2O2. The van der Waals surface area contributed by atoms with Gasteiger partial charge in [0.05, 0.1) is 22.2 Å². The molecule has 0 saturated carbocycles. The third-order valence-corrected chi connectivity index (χ3v) is 9.66. The minimum Gasteiger partial charge on any atom is -0.482 e. The van der Waals surface area contributed by atoms with E-state index in [1.54, 1.807) is 0 Å². The highest BCUT2D eigenvalue weighted by Crippen LogP contribution is 2.67. The number of aromatic nitrogens is 1. The van der Waals surface area contributed by atoms with E-state index >= 15 is 0 Å². The third-order valence-electron chi connectivity index (χ3n) is 9.66. The number of likely N-dealkylation sites (N-methyl/N-ethyl adjacent to an activating group) is 1. The van der Waals surface area contributed by atoms with E-state index in [-0.39, 0.29) is 12.1 Å². The molecule has 2 aliphatic carbocycles. The van der Waals surface area contributed by atoms with Gasteiger partial charge in [-0.2, -0.15) is 0 Å². The van der Waals surface area contributed by atoms with Crippen LogP contribution in [0.5, 0.6) is 5.75 Å². The SMILES string of the molecule is Cc1ccc2c3c1O[C@H]1c4nc5cc6ccccc6cc5c(C)c4C[C@@]4(O)[C@H](C2)N(C)CC[C@]314. The maximum Gasteiger partial charge on any atom is 0.153 e. The summed E-state index contributed by atoms with van der Waals surface area (Å²) in [6.45, 7) is 5.31. The van der Waals surface area contributed by atoms with E-state index in [0.717, 1.165) is 41.9 Å². The first kappa shape index (κ1) is 19.4. The van der Waals surface area contributed by atoms with Crippen molar-refractivity contribution < 1.29 is 9.84 Å². The number of fused-ring (bicyclic) bond motifs is 4. The van der Waals surface area contributed by atoms with Crippen molar-refractivity contribution in [3.63, 3.8) is 0 Å². The molecule has 4 heteroatoms. The second-order valence-electron chi connectivity index (χ2n) is 11.1. The molecule has 34 heavy (non-hydrogen) atoms. The molecule has 1 spiro atoms. The normalized spacial score (nSPS) is 30.8. The molecule has 3 heterocycles. The van der Waals surface area contributed by atoms with Crippen LogP contribution >= 0.6 is 0 Å². The van der Waals surface area contributed by atoms with Crippen LogP contribution < -0.4 is 4.74 Å². The zero-order chi connectivity index (χ0) is 23.0. The molecule has 0 radical (unpaired) electrons. The monoisotopic (exact) mass is 448 g/mol. The van der Waals surface area contributed by atoms with Gasteiger partial charge in [0.1, 0.15) is 5.75 Å². The molecule has 170 valence electrons. The molecular weight excluding hydrogens is 420 g/mol. The standard InChI is InChI=1S/C30H28N2O2/c1-16-8-9-20-14-24-30(33)15-22-17(2)21-12-18-6-4-5-7-19(18)13-23(21)31-26(22)28-29(30,10-11-32(24)3)25(20)27(16)34-28/h4-9,12-13,24,28,33H,10-11,14-15H2,1-3H3/t24-,28-,29-,30+/m0/s1. The van der Waals surface area contributed by atoms with Gasteiger partial charge in [-0.25, -0.2) is 4.98 Å². The van der Waals surface area contributed by atoms with Crippen molar-refractivity contribution in [1.82, 2.24) is 9.88 Å². The van der Waals surface area contributed by atoms with E-state index in [1.807, 2.05) is 0 Å². The predicted octanol–water partition coefficient (Wildman–Crippen LogP) is 4.92. The molecule has 4 aliphatic rings. The van der Waals surface area contributed by atoms with Crippen molar-refractivity contribution in [2.24, 2.45) is 0 Å². The second kappa shape index (κ2) is 5.99. The number of aliphatic hydroxyl groups is 1. The first-order valence-electron chi connectivity index (χ1n) is 12.5. The summed E-state index contributed by atoms with van der Waals surface area (Å²) in [5, 5.41) is 16.4. The zero-order valence-electron chi connectivity index (χ0n) is 19.9. The van der Waals surface area contributed by atoms with Crippen molar-refractivity contribution >= 4 is 21.7 Å². The number of ether oxygens (including phenoxy) is 1. The van der Waals surface area contributed by atoms with Gasteiger partial charge in [0.2, 0.25) is 0 Å². The largest absolute Gasteiger partial charge is 0.482 e. The quantitative estimate of drug-likeness (QED) is 0.388. The van der Waals surface area contributed by atoms with Crippen molar-refractivity contribution in [3.8, 4) is 5.75 Å². The third kappa shape index (κ3) is 1.99. The molecule has 4 aromatic rings. The van der Waals surface area contributed by atoms with E-state index in [9.17, 15) is 5.11 Å². The summed E-state index contributed by atoms with van der Waals surface area (Å²) in [5.74, 6) is 0.995. The fraction of sp³-hybridized carbons (Fsp3) is 0.367. The number of pyridine rings is 1. The van der Waals surface area contributed by atoms with Crippen LogP contribution in [0.4, 0.5) is 0 Å². The van der Waals surface area contributed by atoms with Gasteiger partial charge in [-0.3, -0.25) is 0 Å². The highest BCUT2D eigenvalue weighted by atomic mass is 16.5. The lowest BCUT2D eigenvalue weighted by atomic mass is 9.48. The second-order valence-corrected chi connectivity index (χ2v) is 11.1. The molecule has 2 bridgehead atoms. The molecule has 2 aliphatic heterocycles. The van der Waals surface area contributed by atoms with Gasteiger partial charge in [0, 0.05) is 23.4 Å². The van der Waals surface area contributed by atoms with Crippen LogP contribution in [0.2, 0.25) is 0 Å². The van der Waals surface area contributed by atoms with E-state index in [2.05, 4.69) is 74.3 Å². The Balaban J connectivity index is 1.48. The van der Waals surface area contributed by atoms with Crippen LogP contribution in [0.1, 0.15) is 46.0 Å². The van der Waals surface area contributed by atoms with Gasteiger partial charge >= 0.3 is 0 Å². The lowest BCUT2D eigenvalue weighted by Gasteiger charge is -2.62. The van der Waals surface area contributed by atoms with E-state index in [4.69, 9.17) is 9.72 Å². The number of nitrogens with zero attached hydrogens (tertiary/aromatic N) is 2. The van der Waals surface area contributed by atoms with Crippen LogP contribution in [0.3, 0.4) is 0 Å².